The molecule has 3 heterocycles. The fraction of sp³-hybridized carbons (Fsp3) is 0.200. The van der Waals surface area contributed by atoms with Crippen molar-refractivity contribution in [3.63, 3.8) is 0 Å². The maximum atomic E-state index is 13.4. The van der Waals surface area contributed by atoms with Crippen molar-refractivity contribution in [3.8, 4) is 11.8 Å². The Morgan fingerprint density at radius 3 is 2.77 bits per heavy atom. The van der Waals surface area contributed by atoms with E-state index in [1.54, 1.807) is 18.5 Å². The second kappa shape index (κ2) is 7.75. The molecule has 1 atom stereocenters. The molecule has 4 aromatic rings. The van der Waals surface area contributed by atoms with Crippen molar-refractivity contribution in [3.05, 3.63) is 57.9 Å². The first-order chi connectivity index (χ1) is 14.9. The standard InChI is InChI=1S/C20H20N10O/c1-3-14(26-17-13(7-21)16(22)28-20(23)29-17)18-27-15-10(2)5-4-6-12(15)19(31)30(18)11-8-24-25-9-11/h4-6,8-9,14H,3H2,1-2H3,(H,24,25)(H5,22,23,26,28,29)/t14-/m0/s1. The highest BCUT2D eigenvalue weighted by Crippen LogP contribution is 2.27. The molecule has 11 heteroatoms. The van der Waals surface area contributed by atoms with Crippen molar-refractivity contribution >= 4 is 28.5 Å². The molecule has 0 bridgehead atoms. The van der Waals surface area contributed by atoms with Crippen LogP contribution in [0.15, 0.2) is 35.4 Å². The van der Waals surface area contributed by atoms with Crippen LogP contribution in [-0.4, -0.2) is 29.7 Å². The zero-order valence-corrected chi connectivity index (χ0v) is 16.9. The Labute approximate surface area is 176 Å². The molecule has 31 heavy (non-hydrogen) atoms. The van der Waals surface area contributed by atoms with Crippen molar-refractivity contribution in [2.75, 3.05) is 16.8 Å². The predicted octanol–water partition coefficient (Wildman–Crippen LogP) is 1.81. The number of nitrogens with one attached hydrogen (secondary N) is 2. The number of nitrogen functional groups attached to an aromatic ring is 2. The van der Waals surface area contributed by atoms with Crippen molar-refractivity contribution in [1.82, 2.24) is 29.7 Å². The van der Waals surface area contributed by atoms with Gasteiger partial charge in [-0.2, -0.15) is 20.3 Å². The van der Waals surface area contributed by atoms with E-state index in [0.717, 1.165) is 5.56 Å². The van der Waals surface area contributed by atoms with E-state index in [4.69, 9.17) is 16.5 Å². The topological polar surface area (TPSA) is 177 Å². The average Bonchev–Trinajstić information content (AvgIpc) is 3.26. The van der Waals surface area contributed by atoms with Crippen molar-refractivity contribution in [2.24, 2.45) is 0 Å². The van der Waals surface area contributed by atoms with E-state index in [2.05, 4.69) is 25.5 Å². The molecule has 11 nitrogen and oxygen atoms in total. The van der Waals surface area contributed by atoms with Gasteiger partial charge < -0.3 is 16.8 Å². The fourth-order valence-electron chi connectivity index (χ4n) is 3.44. The van der Waals surface area contributed by atoms with Crippen molar-refractivity contribution in [1.29, 1.82) is 5.26 Å². The first-order valence-corrected chi connectivity index (χ1v) is 9.55. The molecular weight excluding hydrogens is 396 g/mol. The number of rotatable bonds is 5. The second-order valence-electron chi connectivity index (χ2n) is 6.95. The van der Waals surface area contributed by atoms with Crippen LogP contribution in [0.3, 0.4) is 0 Å². The van der Waals surface area contributed by atoms with E-state index in [1.807, 2.05) is 32.0 Å². The van der Waals surface area contributed by atoms with E-state index < -0.39 is 6.04 Å². The third kappa shape index (κ3) is 3.40. The number of H-pyrrole nitrogens is 1. The Bertz CT molecular complexity index is 1370. The molecule has 1 aromatic carbocycles. The number of hydrogen-bond donors (Lipinski definition) is 4. The lowest BCUT2D eigenvalue weighted by Crippen LogP contribution is -2.28. The summed E-state index contributed by atoms with van der Waals surface area (Å²) in [5.41, 5.74) is 13.4. The lowest BCUT2D eigenvalue weighted by Gasteiger charge is -2.22. The van der Waals surface area contributed by atoms with Gasteiger partial charge in [-0.1, -0.05) is 19.1 Å². The summed E-state index contributed by atoms with van der Waals surface area (Å²) in [7, 11) is 0. The van der Waals surface area contributed by atoms with Crippen LogP contribution >= 0.6 is 0 Å². The van der Waals surface area contributed by atoms with Crippen LogP contribution in [0.1, 0.15) is 36.3 Å². The number of benzene rings is 1. The lowest BCUT2D eigenvalue weighted by molar-refractivity contribution is 0.658. The summed E-state index contributed by atoms with van der Waals surface area (Å²) in [6.45, 7) is 3.82. The quantitative estimate of drug-likeness (QED) is 0.377. The number of nitriles is 1. The average molecular weight is 416 g/mol. The summed E-state index contributed by atoms with van der Waals surface area (Å²) >= 11 is 0. The minimum absolute atomic E-state index is 0.0260. The number of aryl methyl sites for hydroxylation is 1. The summed E-state index contributed by atoms with van der Waals surface area (Å²) in [4.78, 5) is 26.2. The van der Waals surface area contributed by atoms with Gasteiger partial charge in [0.05, 0.1) is 28.8 Å². The molecule has 0 saturated carbocycles. The van der Waals surface area contributed by atoms with Gasteiger partial charge in [-0.3, -0.25) is 14.5 Å². The van der Waals surface area contributed by atoms with Crippen LogP contribution in [0.4, 0.5) is 17.6 Å². The minimum atomic E-state index is -0.493. The minimum Gasteiger partial charge on any atom is -0.382 e. The number of aromatic amines is 1. The number of aromatic nitrogens is 6. The Balaban J connectivity index is 1.96. The number of hydrogen-bond acceptors (Lipinski definition) is 9. The predicted molar refractivity (Wildman–Crippen MR) is 116 cm³/mol. The Morgan fingerprint density at radius 2 is 2.10 bits per heavy atom. The third-order valence-electron chi connectivity index (χ3n) is 4.97. The van der Waals surface area contributed by atoms with Gasteiger partial charge in [0.25, 0.3) is 5.56 Å². The zero-order chi connectivity index (χ0) is 22.1. The molecule has 3 aromatic heterocycles. The summed E-state index contributed by atoms with van der Waals surface area (Å²) in [5.74, 6) is 0.526. The SMILES string of the molecule is CC[C@H](Nc1nc(N)nc(N)c1C#N)c1nc2c(C)cccc2c(=O)n1-c1cn[nH]c1. The van der Waals surface area contributed by atoms with Gasteiger partial charge in [-0.25, -0.2) is 4.98 Å². The van der Waals surface area contributed by atoms with Gasteiger partial charge in [0.15, 0.2) is 5.82 Å². The molecule has 0 saturated heterocycles. The summed E-state index contributed by atoms with van der Waals surface area (Å²) in [6.07, 6.45) is 3.68. The molecule has 6 N–H and O–H groups in total. The fourth-order valence-corrected chi connectivity index (χ4v) is 3.44. The van der Waals surface area contributed by atoms with Crippen LogP contribution in [0.2, 0.25) is 0 Å². The Morgan fingerprint density at radius 1 is 1.29 bits per heavy atom. The van der Waals surface area contributed by atoms with Gasteiger partial charge in [0.2, 0.25) is 5.95 Å². The largest absolute Gasteiger partial charge is 0.382 e. The van der Waals surface area contributed by atoms with Crippen LogP contribution in [0, 0.1) is 18.3 Å². The van der Waals surface area contributed by atoms with Gasteiger partial charge >= 0.3 is 0 Å². The molecule has 0 amide bonds. The van der Waals surface area contributed by atoms with Gasteiger partial charge in [-0.05, 0) is 25.0 Å². The molecular formula is C20H20N10O. The van der Waals surface area contributed by atoms with Crippen LogP contribution < -0.4 is 22.3 Å². The van der Waals surface area contributed by atoms with E-state index in [0.29, 0.717) is 28.8 Å². The van der Waals surface area contributed by atoms with Crippen LogP contribution in [-0.2, 0) is 0 Å². The summed E-state index contributed by atoms with van der Waals surface area (Å²) < 4.78 is 1.49. The van der Waals surface area contributed by atoms with Crippen LogP contribution in [0.5, 0.6) is 0 Å². The van der Waals surface area contributed by atoms with E-state index in [1.165, 1.54) is 4.57 Å². The maximum absolute atomic E-state index is 13.4. The van der Waals surface area contributed by atoms with Gasteiger partial charge in [0, 0.05) is 6.20 Å². The van der Waals surface area contributed by atoms with Crippen LogP contribution in [0.25, 0.3) is 16.6 Å². The maximum Gasteiger partial charge on any atom is 0.266 e. The number of nitrogens with two attached hydrogens (primary N) is 2. The molecule has 0 spiro atoms. The Kier molecular flexibility index (Phi) is 4.96. The number of anilines is 3. The smallest absolute Gasteiger partial charge is 0.266 e. The van der Waals surface area contributed by atoms with E-state index in [-0.39, 0.29) is 28.7 Å². The number of fused-ring (bicyclic) bond motifs is 1. The first kappa shape index (κ1) is 19.8. The highest BCUT2D eigenvalue weighted by atomic mass is 16.1. The van der Waals surface area contributed by atoms with E-state index in [9.17, 15) is 10.1 Å². The molecule has 156 valence electrons. The van der Waals surface area contributed by atoms with Gasteiger partial charge in [0.1, 0.15) is 23.3 Å². The monoisotopic (exact) mass is 416 g/mol. The molecule has 0 unspecified atom stereocenters. The van der Waals surface area contributed by atoms with Gasteiger partial charge in [-0.15, -0.1) is 0 Å². The second-order valence-corrected chi connectivity index (χ2v) is 6.95. The molecule has 0 aliphatic heterocycles. The molecule has 4 rings (SSSR count). The zero-order valence-electron chi connectivity index (χ0n) is 16.9. The Hall–Kier alpha value is -4.46. The first-order valence-electron chi connectivity index (χ1n) is 9.55. The normalized spacial score (nSPS) is 11.9. The lowest BCUT2D eigenvalue weighted by atomic mass is 10.1. The highest BCUT2D eigenvalue weighted by molar-refractivity contribution is 5.81. The highest BCUT2D eigenvalue weighted by Gasteiger charge is 2.23. The summed E-state index contributed by atoms with van der Waals surface area (Å²) in [5, 5.41) is 19.9. The number of nitrogens with zero attached hydrogens (tertiary/aromatic N) is 6. The number of para-hydroxylation sites is 1. The molecule has 0 fully saturated rings. The van der Waals surface area contributed by atoms with E-state index >= 15 is 0 Å². The molecule has 0 aliphatic rings. The van der Waals surface area contributed by atoms with Crippen molar-refractivity contribution in [2.45, 2.75) is 26.3 Å². The summed E-state index contributed by atoms with van der Waals surface area (Å²) in [6, 6.07) is 6.96. The molecule has 0 aliphatic carbocycles. The third-order valence-corrected chi connectivity index (χ3v) is 4.97. The van der Waals surface area contributed by atoms with Crippen molar-refractivity contribution < 1.29 is 0 Å². The molecule has 0 radical (unpaired) electrons.